The number of benzene rings is 1. The lowest BCUT2D eigenvalue weighted by Gasteiger charge is -2.20. The van der Waals surface area contributed by atoms with Crippen molar-refractivity contribution in [2.75, 3.05) is 19.3 Å². The van der Waals surface area contributed by atoms with E-state index in [1.807, 2.05) is 7.05 Å². The van der Waals surface area contributed by atoms with E-state index >= 15 is 0 Å². The maximum Gasteiger partial charge on any atom is 0.150 e. The largest absolute Gasteiger partial charge is 0.396 e. The van der Waals surface area contributed by atoms with Gasteiger partial charge in [-0.25, -0.2) is 4.39 Å². The summed E-state index contributed by atoms with van der Waals surface area (Å²) < 4.78 is 13.6. The highest BCUT2D eigenvalue weighted by atomic mass is 19.1. The van der Waals surface area contributed by atoms with Gasteiger partial charge in [-0.15, -0.1) is 0 Å². The minimum Gasteiger partial charge on any atom is -0.396 e. The molecule has 0 aliphatic heterocycles. The summed E-state index contributed by atoms with van der Waals surface area (Å²) in [5.74, 6) is 0.354. The van der Waals surface area contributed by atoms with Gasteiger partial charge in [0.05, 0.1) is 5.69 Å². The third kappa shape index (κ3) is 3.49. The summed E-state index contributed by atoms with van der Waals surface area (Å²) >= 11 is 0. The van der Waals surface area contributed by atoms with Gasteiger partial charge in [0.2, 0.25) is 0 Å². The first-order chi connectivity index (χ1) is 7.54. The lowest BCUT2D eigenvalue weighted by molar-refractivity contribution is 0.272. The Morgan fingerprint density at radius 2 is 2.12 bits per heavy atom. The first-order valence-electron chi connectivity index (χ1n) is 5.76. The van der Waals surface area contributed by atoms with Crippen molar-refractivity contribution < 1.29 is 4.39 Å². The molecule has 0 aliphatic rings. The maximum atomic E-state index is 13.6. The molecule has 0 fully saturated rings. The van der Waals surface area contributed by atoms with E-state index in [0.717, 1.165) is 13.0 Å². The molecule has 1 atom stereocenters. The van der Waals surface area contributed by atoms with Crippen LogP contribution in [0.5, 0.6) is 0 Å². The smallest absolute Gasteiger partial charge is 0.150 e. The third-order valence-electron chi connectivity index (χ3n) is 2.87. The summed E-state index contributed by atoms with van der Waals surface area (Å²) in [5, 5.41) is 0. The average Bonchev–Trinajstić information content (AvgIpc) is 2.24. The predicted octanol–water partition coefficient (Wildman–Crippen LogP) is 2.89. The second-order valence-corrected chi connectivity index (χ2v) is 4.53. The van der Waals surface area contributed by atoms with Crippen LogP contribution in [-0.2, 0) is 6.54 Å². The monoisotopic (exact) mass is 224 g/mol. The molecule has 0 bridgehead atoms. The van der Waals surface area contributed by atoms with Gasteiger partial charge in [0.25, 0.3) is 0 Å². The van der Waals surface area contributed by atoms with Gasteiger partial charge in [0.15, 0.2) is 5.82 Å². The maximum absolute atomic E-state index is 13.6. The van der Waals surface area contributed by atoms with Gasteiger partial charge in [-0.2, -0.15) is 0 Å². The van der Waals surface area contributed by atoms with Crippen LogP contribution >= 0.6 is 0 Å². The molecular formula is C13H21FN2. The van der Waals surface area contributed by atoms with Gasteiger partial charge in [-0.1, -0.05) is 32.4 Å². The zero-order valence-corrected chi connectivity index (χ0v) is 10.3. The van der Waals surface area contributed by atoms with Crippen LogP contribution in [0.2, 0.25) is 0 Å². The minimum atomic E-state index is -0.279. The Morgan fingerprint density at radius 1 is 1.44 bits per heavy atom. The summed E-state index contributed by atoms with van der Waals surface area (Å²) in [4.78, 5) is 2.13. The molecule has 0 amide bonds. The molecule has 0 saturated carbocycles. The van der Waals surface area contributed by atoms with Gasteiger partial charge in [-0.05, 0) is 19.0 Å². The number of hydrogen-bond donors (Lipinski definition) is 1. The van der Waals surface area contributed by atoms with Crippen LogP contribution in [-0.4, -0.2) is 18.5 Å². The van der Waals surface area contributed by atoms with Crippen molar-refractivity contribution in [1.82, 2.24) is 4.90 Å². The van der Waals surface area contributed by atoms with Crippen LogP contribution in [0.25, 0.3) is 0 Å². The Morgan fingerprint density at radius 3 is 2.75 bits per heavy atom. The summed E-state index contributed by atoms with van der Waals surface area (Å²) in [5.41, 5.74) is 6.43. The summed E-state index contributed by atoms with van der Waals surface area (Å²) in [6.07, 6.45) is 1.14. The standard InChI is InChI=1S/C13H21FN2/c1-4-10(2)8-16(3)9-11-6-5-7-12(15)13(11)14/h5-7,10H,4,8-9,15H2,1-3H3. The normalized spacial score (nSPS) is 13.1. The Bertz CT molecular complexity index is 339. The SMILES string of the molecule is CCC(C)CN(C)Cc1cccc(N)c1F. The fourth-order valence-corrected chi connectivity index (χ4v) is 1.74. The van der Waals surface area contributed by atoms with Gasteiger partial charge in [-0.3, -0.25) is 0 Å². The molecule has 0 spiro atoms. The molecule has 1 rings (SSSR count). The van der Waals surface area contributed by atoms with E-state index < -0.39 is 0 Å². The number of nitrogens with zero attached hydrogens (tertiary/aromatic N) is 1. The molecule has 0 radical (unpaired) electrons. The summed E-state index contributed by atoms with van der Waals surface area (Å²) in [6.45, 7) is 5.96. The van der Waals surface area contributed by atoms with Crippen molar-refractivity contribution in [1.29, 1.82) is 0 Å². The van der Waals surface area contributed by atoms with Gasteiger partial charge < -0.3 is 10.6 Å². The molecule has 0 saturated heterocycles. The lowest BCUT2D eigenvalue weighted by Crippen LogP contribution is -2.24. The van der Waals surface area contributed by atoms with Crippen LogP contribution in [0.1, 0.15) is 25.8 Å². The second kappa shape index (κ2) is 5.85. The number of hydrogen-bond acceptors (Lipinski definition) is 2. The fourth-order valence-electron chi connectivity index (χ4n) is 1.74. The zero-order valence-electron chi connectivity index (χ0n) is 10.3. The molecule has 16 heavy (non-hydrogen) atoms. The Kier molecular flexibility index (Phi) is 4.74. The number of nitrogen functional groups attached to an aromatic ring is 1. The first-order valence-corrected chi connectivity index (χ1v) is 5.76. The molecule has 1 aromatic carbocycles. The van der Waals surface area contributed by atoms with Crippen molar-refractivity contribution in [2.24, 2.45) is 5.92 Å². The van der Waals surface area contributed by atoms with Crippen LogP contribution < -0.4 is 5.73 Å². The quantitative estimate of drug-likeness (QED) is 0.779. The molecule has 0 aliphatic carbocycles. The fraction of sp³-hybridized carbons (Fsp3) is 0.538. The molecule has 3 heteroatoms. The molecule has 1 unspecified atom stereocenters. The Labute approximate surface area is 97.3 Å². The third-order valence-corrected chi connectivity index (χ3v) is 2.87. The molecule has 1 aromatic rings. The minimum absolute atomic E-state index is 0.231. The molecule has 2 N–H and O–H groups in total. The molecule has 0 aromatic heterocycles. The van der Waals surface area contributed by atoms with E-state index in [9.17, 15) is 4.39 Å². The van der Waals surface area contributed by atoms with Gasteiger partial charge in [0.1, 0.15) is 0 Å². The van der Waals surface area contributed by atoms with Crippen LogP contribution in [0, 0.1) is 11.7 Å². The van der Waals surface area contributed by atoms with E-state index in [1.165, 1.54) is 0 Å². The van der Waals surface area contributed by atoms with E-state index in [0.29, 0.717) is 18.0 Å². The lowest BCUT2D eigenvalue weighted by atomic mass is 10.1. The van der Waals surface area contributed by atoms with E-state index in [1.54, 1.807) is 18.2 Å². The molecule has 2 nitrogen and oxygen atoms in total. The number of anilines is 1. The van der Waals surface area contributed by atoms with Gasteiger partial charge in [0, 0.05) is 18.7 Å². The van der Waals surface area contributed by atoms with Crippen molar-refractivity contribution in [3.05, 3.63) is 29.6 Å². The van der Waals surface area contributed by atoms with Crippen LogP contribution in [0.15, 0.2) is 18.2 Å². The molecule has 90 valence electrons. The van der Waals surface area contributed by atoms with Crippen molar-refractivity contribution >= 4 is 5.69 Å². The van der Waals surface area contributed by atoms with Gasteiger partial charge >= 0.3 is 0 Å². The van der Waals surface area contributed by atoms with E-state index in [4.69, 9.17) is 5.73 Å². The number of nitrogens with two attached hydrogens (primary N) is 1. The van der Waals surface area contributed by atoms with Crippen LogP contribution in [0.4, 0.5) is 10.1 Å². The van der Waals surface area contributed by atoms with Crippen molar-refractivity contribution in [3.8, 4) is 0 Å². The number of rotatable bonds is 5. The molecular weight excluding hydrogens is 203 g/mol. The topological polar surface area (TPSA) is 29.3 Å². The highest BCUT2D eigenvalue weighted by Gasteiger charge is 2.09. The Balaban J connectivity index is 2.62. The van der Waals surface area contributed by atoms with E-state index in [-0.39, 0.29) is 11.5 Å². The molecule has 0 heterocycles. The second-order valence-electron chi connectivity index (χ2n) is 4.53. The van der Waals surface area contributed by atoms with Crippen LogP contribution in [0.3, 0.4) is 0 Å². The van der Waals surface area contributed by atoms with E-state index in [2.05, 4.69) is 18.7 Å². The van der Waals surface area contributed by atoms with Crippen molar-refractivity contribution in [3.63, 3.8) is 0 Å². The Hall–Kier alpha value is -1.09. The highest BCUT2D eigenvalue weighted by molar-refractivity contribution is 5.42. The first kappa shape index (κ1) is 13.0. The van der Waals surface area contributed by atoms with Crippen molar-refractivity contribution in [2.45, 2.75) is 26.8 Å². The zero-order chi connectivity index (χ0) is 12.1. The highest BCUT2D eigenvalue weighted by Crippen LogP contribution is 2.16. The summed E-state index contributed by atoms with van der Waals surface area (Å²) in [6, 6.07) is 5.18. The summed E-state index contributed by atoms with van der Waals surface area (Å²) in [7, 11) is 2.01. The predicted molar refractivity (Wildman–Crippen MR) is 66.6 cm³/mol. The average molecular weight is 224 g/mol. The number of halogens is 1.